The van der Waals surface area contributed by atoms with Crippen LogP contribution in [0, 0.1) is 11.3 Å². The van der Waals surface area contributed by atoms with Crippen LogP contribution in [0.25, 0.3) is 0 Å². The highest BCUT2D eigenvalue weighted by Gasteiger charge is 2.57. The topological polar surface area (TPSA) is 52.6 Å². The second-order valence-corrected chi connectivity index (χ2v) is 4.95. The highest BCUT2D eigenvalue weighted by Crippen LogP contribution is 2.42. The number of carbonyl (C=O) groups is 2. The van der Waals surface area contributed by atoms with Crippen LogP contribution in [-0.4, -0.2) is 17.7 Å². The molecule has 1 aliphatic rings. The van der Waals surface area contributed by atoms with E-state index in [9.17, 15) is 9.59 Å². The van der Waals surface area contributed by atoms with Crippen molar-refractivity contribution in [3.05, 3.63) is 24.8 Å². The predicted octanol–water partition coefficient (Wildman–Crippen LogP) is 2.60. The van der Waals surface area contributed by atoms with Crippen molar-refractivity contribution < 1.29 is 19.1 Å². The number of hydrogen-bond acceptors (Lipinski definition) is 4. The highest BCUT2D eigenvalue weighted by molar-refractivity contribution is 6.02. The van der Waals surface area contributed by atoms with E-state index >= 15 is 0 Å². The molecule has 4 heteroatoms. The van der Waals surface area contributed by atoms with Crippen LogP contribution in [0.4, 0.5) is 0 Å². The van der Waals surface area contributed by atoms with E-state index in [1.54, 1.807) is 39.0 Å². The summed E-state index contributed by atoms with van der Waals surface area (Å²) in [7, 11) is 0. The average molecular weight is 252 g/mol. The van der Waals surface area contributed by atoms with Gasteiger partial charge in [0, 0.05) is 19.8 Å². The van der Waals surface area contributed by atoms with Gasteiger partial charge in [0.25, 0.3) is 5.79 Å². The summed E-state index contributed by atoms with van der Waals surface area (Å²) >= 11 is 0. The zero-order chi connectivity index (χ0) is 14.0. The lowest BCUT2D eigenvalue weighted by atomic mass is 9.72. The lowest BCUT2D eigenvalue weighted by Crippen LogP contribution is -2.56. The Labute approximate surface area is 108 Å². The van der Waals surface area contributed by atoms with E-state index in [2.05, 4.69) is 6.58 Å². The highest BCUT2D eigenvalue weighted by atomic mass is 16.7. The third-order valence-corrected chi connectivity index (χ3v) is 3.21. The molecule has 0 aromatic carbocycles. The van der Waals surface area contributed by atoms with Crippen molar-refractivity contribution in [2.45, 2.75) is 39.9 Å². The maximum Gasteiger partial charge on any atom is 0.327 e. The third-order valence-electron chi connectivity index (χ3n) is 3.21. The van der Waals surface area contributed by atoms with Crippen LogP contribution >= 0.6 is 0 Å². The first kappa shape index (κ1) is 14.5. The number of ether oxygens (including phenoxy) is 2. The van der Waals surface area contributed by atoms with Gasteiger partial charge in [-0.3, -0.25) is 9.59 Å². The van der Waals surface area contributed by atoms with Gasteiger partial charge in [0.15, 0.2) is 5.41 Å². The molecule has 18 heavy (non-hydrogen) atoms. The van der Waals surface area contributed by atoms with Crippen molar-refractivity contribution in [3.63, 3.8) is 0 Å². The summed E-state index contributed by atoms with van der Waals surface area (Å²) in [4.78, 5) is 24.5. The molecule has 0 saturated carbocycles. The number of esters is 2. The Morgan fingerprint density at radius 2 is 1.78 bits per heavy atom. The molecule has 1 aliphatic heterocycles. The second kappa shape index (κ2) is 4.96. The number of carbonyl (C=O) groups excluding carboxylic acids is 2. The normalized spacial score (nSPS) is 23.3. The van der Waals surface area contributed by atoms with E-state index in [1.807, 2.05) is 6.92 Å². The van der Waals surface area contributed by atoms with E-state index in [-0.39, 0.29) is 12.3 Å². The molecule has 0 aromatic heterocycles. The van der Waals surface area contributed by atoms with Crippen molar-refractivity contribution in [2.24, 2.45) is 11.3 Å². The molecule has 1 saturated heterocycles. The number of rotatable bonds is 4. The summed E-state index contributed by atoms with van der Waals surface area (Å²) in [6.45, 7) is 10.3. The maximum absolute atomic E-state index is 12.2. The van der Waals surface area contributed by atoms with Crippen molar-refractivity contribution in [3.8, 4) is 0 Å². The minimum atomic E-state index is -1.32. The van der Waals surface area contributed by atoms with Gasteiger partial charge in [0.1, 0.15) is 0 Å². The molecule has 1 unspecified atom stereocenters. The van der Waals surface area contributed by atoms with Crippen LogP contribution in [-0.2, 0) is 19.1 Å². The van der Waals surface area contributed by atoms with Crippen LogP contribution in [0.1, 0.15) is 34.1 Å². The minimum Gasteiger partial charge on any atom is -0.422 e. The molecule has 100 valence electrons. The van der Waals surface area contributed by atoms with Gasteiger partial charge in [-0.25, -0.2) is 0 Å². The molecule has 4 nitrogen and oxygen atoms in total. The van der Waals surface area contributed by atoms with Crippen LogP contribution in [0.3, 0.4) is 0 Å². The minimum absolute atomic E-state index is 0.254. The van der Waals surface area contributed by atoms with Gasteiger partial charge in [0.05, 0.1) is 0 Å². The zero-order valence-corrected chi connectivity index (χ0v) is 11.4. The van der Waals surface area contributed by atoms with Gasteiger partial charge in [-0.05, 0) is 13.3 Å². The molecule has 0 N–H and O–H groups in total. The Morgan fingerprint density at radius 3 is 2.17 bits per heavy atom. The Kier molecular flexibility index (Phi) is 3.99. The van der Waals surface area contributed by atoms with E-state index in [1.165, 1.54) is 0 Å². The van der Waals surface area contributed by atoms with E-state index in [0.717, 1.165) is 0 Å². The Morgan fingerprint density at radius 1 is 1.28 bits per heavy atom. The predicted molar refractivity (Wildman–Crippen MR) is 67.5 cm³/mol. The first-order valence-electron chi connectivity index (χ1n) is 6.00. The number of hydrogen-bond donors (Lipinski definition) is 0. The van der Waals surface area contributed by atoms with Gasteiger partial charge < -0.3 is 9.47 Å². The average Bonchev–Trinajstić information content (AvgIpc) is 2.26. The van der Waals surface area contributed by atoms with E-state index in [0.29, 0.717) is 0 Å². The largest absolute Gasteiger partial charge is 0.422 e. The fourth-order valence-corrected chi connectivity index (χ4v) is 1.96. The smallest absolute Gasteiger partial charge is 0.327 e. The summed E-state index contributed by atoms with van der Waals surface area (Å²) in [5.41, 5.74) is -1.32. The summed E-state index contributed by atoms with van der Waals surface area (Å²) in [6, 6.07) is 0. The lowest BCUT2D eigenvalue weighted by Gasteiger charge is -2.41. The van der Waals surface area contributed by atoms with Crippen molar-refractivity contribution in [1.82, 2.24) is 0 Å². The number of cyclic esters (lactones) is 2. The zero-order valence-electron chi connectivity index (χ0n) is 11.4. The molecule has 0 aliphatic carbocycles. The first-order valence-corrected chi connectivity index (χ1v) is 6.00. The molecule has 0 spiro atoms. The van der Waals surface area contributed by atoms with Gasteiger partial charge in [0.2, 0.25) is 0 Å². The third kappa shape index (κ3) is 2.33. The van der Waals surface area contributed by atoms with Gasteiger partial charge in [-0.2, -0.15) is 0 Å². The fraction of sp³-hybridized carbons (Fsp3) is 0.571. The van der Waals surface area contributed by atoms with Crippen molar-refractivity contribution in [1.29, 1.82) is 0 Å². The molecule has 0 radical (unpaired) electrons. The van der Waals surface area contributed by atoms with Crippen LogP contribution in [0.5, 0.6) is 0 Å². The molecule has 1 fully saturated rings. The summed E-state index contributed by atoms with van der Waals surface area (Å²) in [5, 5.41) is 0. The first-order chi connectivity index (χ1) is 8.30. The lowest BCUT2D eigenvalue weighted by molar-refractivity contribution is -0.253. The standard InChI is InChI=1S/C14H20O4/c1-6-8-9-14(10(3)7-2)11(15)17-13(4,5)18-12(14)16/h6-8,10H,2,9H2,1,3-5H3/b8-6+. The van der Waals surface area contributed by atoms with Gasteiger partial charge in [-0.15, -0.1) is 6.58 Å². The molecular weight excluding hydrogens is 232 g/mol. The monoisotopic (exact) mass is 252 g/mol. The van der Waals surface area contributed by atoms with Crippen LogP contribution in [0.2, 0.25) is 0 Å². The van der Waals surface area contributed by atoms with E-state index in [4.69, 9.17) is 9.47 Å². The SMILES string of the molecule is C=CC(C)C1(C/C=C/C)C(=O)OC(C)(C)OC1=O. The Hall–Kier alpha value is -1.58. The molecule has 0 aromatic rings. The van der Waals surface area contributed by atoms with Crippen molar-refractivity contribution in [2.75, 3.05) is 0 Å². The van der Waals surface area contributed by atoms with Crippen molar-refractivity contribution >= 4 is 11.9 Å². The number of allylic oxidation sites excluding steroid dienone is 3. The fourth-order valence-electron chi connectivity index (χ4n) is 1.96. The van der Waals surface area contributed by atoms with Gasteiger partial charge >= 0.3 is 11.9 Å². The summed E-state index contributed by atoms with van der Waals surface area (Å²) in [5.74, 6) is -2.65. The quantitative estimate of drug-likeness (QED) is 0.438. The molecule has 0 bridgehead atoms. The van der Waals surface area contributed by atoms with E-state index < -0.39 is 23.1 Å². The molecular formula is C14H20O4. The van der Waals surface area contributed by atoms with Crippen LogP contribution < -0.4 is 0 Å². The molecule has 1 atom stereocenters. The molecule has 1 heterocycles. The summed E-state index contributed by atoms with van der Waals surface area (Å²) < 4.78 is 10.4. The Balaban J connectivity index is 3.21. The maximum atomic E-state index is 12.2. The second-order valence-electron chi connectivity index (χ2n) is 4.95. The van der Waals surface area contributed by atoms with Crippen LogP contribution in [0.15, 0.2) is 24.8 Å². The summed E-state index contributed by atoms with van der Waals surface area (Å²) in [6.07, 6.45) is 5.38. The Bertz CT molecular complexity index is 373. The molecule has 0 amide bonds. The molecule has 1 rings (SSSR count). The van der Waals surface area contributed by atoms with Gasteiger partial charge in [-0.1, -0.05) is 25.2 Å².